The van der Waals surface area contributed by atoms with Crippen LogP contribution in [0.3, 0.4) is 0 Å². The van der Waals surface area contributed by atoms with Gasteiger partial charge in [-0.05, 0) is 60.5 Å². The quantitative estimate of drug-likeness (QED) is 0.866. The van der Waals surface area contributed by atoms with E-state index in [-0.39, 0.29) is 5.91 Å². The minimum Gasteiger partial charge on any atom is -0.324 e. The summed E-state index contributed by atoms with van der Waals surface area (Å²) in [5.41, 5.74) is 0.832. The summed E-state index contributed by atoms with van der Waals surface area (Å²) in [4.78, 5) is 14.5. The molecule has 2 N–H and O–H groups in total. The molecule has 0 bridgehead atoms. The summed E-state index contributed by atoms with van der Waals surface area (Å²) in [6.45, 7) is 5.59. The van der Waals surface area contributed by atoms with Crippen LogP contribution >= 0.6 is 15.9 Å². The number of amides is 1. The first-order valence-electron chi connectivity index (χ1n) is 7.20. The number of para-hydroxylation sites is 1. The summed E-state index contributed by atoms with van der Waals surface area (Å²) < 4.78 is 0.915. The lowest BCUT2D eigenvalue weighted by molar-refractivity contribution is -0.118. The van der Waals surface area contributed by atoms with E-state index in [0.717, 1.165) is 42.6 Å². The maximum Gasteiger partial charge on any atom is 0.238 e. The molecule has 1 aliphatic rings. The van der Waals surface area contributed by atoms with Crippen molar-refractivity contribution in [3.63, 3.8) is 0 Å². The van der Waals surface area contributed by atoms with E-state index in [1.165, 1.54) is 0 Å². The average molecular weight is 340 g/mol. The van der Waals surface area contributed by atoms with E-state index in [2.05, 4.69) is 38.4 Å². The third-order valence-corrected chi connectivity index (χ3v) is 4.42. The number of carbonyl (C=O) groups is 1. The number of nitrogens with zero attached hydrogens (tertiary/aromatic N) is 1. The van der Waals surface area contributed by atoms with E-state index in [1.807, 2.05) is 24.3 Å². The van der Waals surface area contributed by atoms with Crippen molar-refractivity contribution in [1.29, 1.82) is 0 Å². The van der Waals surface area contributed by atoms with Crippen LogP contribution in [-0.4, -0.2) is 43.0 Å². The van der Waals surface area contributed by atoms with Gasteiger partial charge in [-0.2, -0.15) is 0 Å². The molecule has 0 saturated carbocycles. The summed E-state index contributed by atoms with van der Waals surface area (Å²) in [6.07, 6.45) is 2.24. The second kappa shape index (κ2) is 7.76. The van der Waals surface area contributed by atoms with E-state index >= 15 is 0 Å². The number of halogens is 1. The zero-order chi connectivity index (χ0) is 14.4. The Balaban J connectivity index is 1.90. The summed E-state index contributed by atoms with van der Waals surface area (Å²) in [5.74, 6) is 0.0530. The molecular weight excluding hydrogens is 318 g/mol. The van der Waals surface area contributed by atoms with Gasteiger partial charge in [0.25, 0.3) is 0 Å². The number of nitrogens with one attached hydrogen (secondary N) is 2. The molecule has 1 amide bonds. The van der Waals surface area contributed by atoms with Gasteiger partial charge in [-0.3, -0.25) is 9.69 Å². The molecule has 0 radical (unpaired) electrons. The number of piperidine rings is 1. The molecule has 1 aromatic rings. The molecule has 1 aromatic carbocycles. The standard InChI is InChI=1S/C15H22BrN3O/c1-2-19(12-7-9-17-10-8-12)11-15(20)18-14-6-4-3-5-13(14)16/h3-6,12,17H,2,7-11H2,1H3,(H,18,20). The second-order valence-electron chi connectivity index (χ2n) is 5.07. The molecule has 4 nitrogen and oxygen atoms in total. The van der Waals surface area contributed by atoms with Crippen LogP contribution in [0.25, 0.3) is 0 Å². The van der Waals surface area contributed by atoms with Gasteiger partial charge >= 0.3 is 0 Å². The molecule has 0 unspecified atom stereocenters. The Morgan fingerprint density at radius 3 is 2.75 bits per heavy atom. The first kappa shape index (κ1) is 15.5. The van der Waals surface area contributed by atoms with Crippen LogP contribution in [0, 0.1) is 0 Å². The molecule has 1 saturated heterocycles. The van der Waals surface area contributed by atoms with Gasteiger partial charge in [-0.1, -0.05) is 19.1 Å². The molecule has 5 heteroatoms. The molecule has 0 atom stereocenters. The van der Waals surface area contributed by atoms with Crippen LogP contribution in [0.15, 0.2) is 28.7 Å². The topological polar surface area (TPSA) is 44.4 Å². The van der Waals surface area contributed by atoms with Gasteiger partial charge in [0.05, 0.1) is 12.2 Å². The zero-order valence-electron chi connectivity index (χ0n) is 11.9. The van der Waals surface area contributed by atoms with Crippen LogP contribution < -0.4 is 10.6 Å². The Hall–Kier alpha value is -0.910. The highest BCUT2D eigenvalue weighted by molar-refractivity contribution is 9.10. The molecule has 1 aliphatic heterocycles. The molecule has 0 aliphatic carbocycles. The monoisotopic (exact) mass is 339 g/mol. The highest BCUT2D eigenvalue weighted by Gasteiger charge is 2.21. The maximum absolute atomic E-state index is 12.2. The van der Waals surface area contributed by atoms with E-state index < -0.39 is 0 Å². The number of rotatable bonds is 5. The second-order valence-corrected chi connectivity index (χ2v) is 5.93. The van der Waals surface area contributed by atoms with Crippen molar-refractivity contribution in [3.05, 3.63) is 28.7 Å². The molecule has 1 fully saturated rings. The first-order valence-corrected chi connectivity index (χ1v) is 7.99. The lowest BCUT2D eigenvalue weighted by Crippen LogP contribution is -2.46. The van der Waals surface area contributed by atoms with Crippen molar-refractivity contribution >= 4 is 27.5 Å². The fraction of sp³-hybridized carbons (Fsp3) is 0.533. The SMILES string of the molecule is CCN(CC(=O)Nc1ccccc1Br)C1CCNCC1. The predicted molar refractivity (Wildman–Crippen MR) is 85.9 cm³/mol. The number of benzene rings is 1. The number of likely N-dealkylation sites (N-methyl/N-ethyl adjacent to an activating group) is 1. The van der Waals surface area contributed by atoms with Crippen LogP contribution in [0.5, 0.6) is 0 Å². The minimum absolute atomic E-state index is 0.0530. The minimum atomic E-state index is 0.0530. The number of carbonyl (C=O) groups excluding carboxylic acids is 1. The average Bonchev–Trinajstić information content (AvgIpc) is 2.48. The van der Waals surface area contributed by atoms with Crippen molar-refractivity contribution in [3.8, 4) is 0 Å². The van der Waals surface area contributed by atoms with E-state index in [4.69, 9.17) is 0 Å². The van der Waals surface area contributed by atoms with Crippen molar-refractivity contribution in [2.24, 2.45) is 0 Å². The Morgan fingerprint density at radius 1 is 1.40 bits per heavy atom. The van der Waals surface area contributed by atoms with Gasteiger partial charge in [0.2, 0.25) is 5.91 Å². The first-order chi connectivity index (χ1) is 9.70. The van der Waals surface area contributed by atoms with Gasteiger partial charge < -0.3 is 10.6 Å². The summed E-state index contributed by atoms with van der Waals surface area (Å²) >= 11 is 3.45. The fourth-order valence-corrected chi connectivity index (χ4v) is 2.99. The number of anilines is 1. The molecule has 1 heterocycles. The largest absolute Gasteiger partial charge is 0.324 e. The summed E-state index contributed by atoms with van der Waals surface area (Å²) in [6, 6.07) is 8.21. The van der Waals surface area contributed by atoms with E-state index in [0.29, 0.717) is 12.6 Å². The van der Waals surface area contributed by atoms with Crippen LogP contribution in [0.2, 0.25) is 0 Å². The molecular formula is C15H22BrN3O. The number of hydrogen-bond acceptors (Lipinski definition) is 3. The van der Waals surface area contributed by atoms with E-state index in [1.54, 1.807) is 0 Å². The van der Waals surface area contributed by atoms with Crippen LogP contribution in [-0.2, 0) is 4.79 Å². The molecule has 110 valence electrons. The van der Waals surface area contributed by atoms with Crippen LogP contribution in [0.1, 0.15) is 19.8 Å². The van der Waals surface area contributed by atoms with Gasteiger partial charge in [0, 0.05) is 10.5 Å². The third-order valence-electron chi connectivity index (χ3n) is 3.73. The zero-order valence-corrected chi connectivity index (χ0v) is 13.4. The van der Waals surface area contributed by atoms with Gasteiger partial charge in [0.1, 0.15) is 0 Å². The van der Waals surface area contributed by atoms with Gasteiger partial charge in [-0.25, -0.2) is 0 Å². The van der Waals surface area contributed by atoms with Gasteiger partial charge in [0.15, 0.2) is 0 Å². The van der Waals surface area contributed by atoms with Crippen molar-refractivity contribution in [2.75, 3.05) is 31.5 Å². The van der Waals surface area contributed by atoms with Crippen molar-refractivity contribution < 1.29 is 4.79 Å². The Morgan fingerprint density at radius 2 is 2.10 bits per heavy atom. The third kappa shape index (κ3) is 4.30. The van der Waals surface area contributed by atoms with E-state index in [9.17, 15) is 4.79 Å². The van der Waals surface area contributed by atoms with Crippen molar-refractivity contribution in [2.45, 2.75) is 25.8 Å². The predicted octanol–water partition coefficient (Wildman–Crippen LogP) is 2.46. The summed E-state index contributed by atoms with van der Waals surface area (Å²) in [7, 11) is 0. The Kier molecular flexibility index (Phi) is 6.01. The highest BCUT2D eigenvalue weighted by atomic mass is 79.9. The number of hydrogen-bond donors (Lipinski definition) is 2. The van der Waals surface area contributed by atoms with Crippen LogP contribution in [0.4, 0.5) is 5.69 Å². The molecule has 2 rings (SSSR count). The maximum atomic E-state index is 12.2. The fourth-order valence-electron chi connectivity index (χ4n) is 2.61. The van der Waals surface area contributed by atoms with Gasteiger partial charge in [-0.15, -0.1) is 0 Å². The smallest absolute Gasteiger partial charge is 0.238 e. The normalized spacial score (nSPS) is 16.4. The Labute approximate surface area is 129 Å². The lowest BCUT2D eigenvalue weighted by Gasteiger charge is -2.33. The highest BCUT2D eigenvalue weighted by Crippen LogP contribution is 2.21. The lowest BCUT2D eigenvalue weighted by atomic mass is 10.0. The Bertz CT molecular complexity index is 446. The van der Waals surface area contributed by atoms with Crippen molar-refractivity contribution in [1.82, 2.24) is 10.2 Å². The molecule has 20 heavy (non-hydrogen) atoms. The molecule has 0 spiro atoms. The summed E-state index contributed by atoms with van der Waals surface area (Å²) in [5, 5.41) is 6.33. The molecule has 0 aromatic heterocycles.